The summed E-state index contributed by atoms with van der Waals surface area (Å²) in [4.78, 5) is 19.0. The van der Waals surface area contributed by atoms with Gasteiger partial charge >= 0.3 is 0 Å². The van der Waals surface area contributed by atoms with Gasteiger partial charge in [0.1, 0.15) is 16.5 Å². The molecule has 2 aliphatic heterocycles. The van der Waals surface area contributed by atoms with Crippen LogP contribution < -0.4 is 5.32 Å². The van der Waals surface area contributed by atoms with Crippen molar-refractivity contribution in [3.8, 4) is 10.6 Å². The van der Waals surface area contributed by atoms with E-state index >= 15 is 0 Å². The molecule has 0 unspecified atom stereocenters. The Labute approximate surface area is 144 Å². The highest BCUT2D eigenvalue weighted by molar-refractivity contribution is 7.13. The Morgan fingerprint density at radius 2 is 2.04 bits per heavy atom. The van der Waals surface area contributed by atoms with Crippen molar-refractivity contribution in [3.63, 3.8) is 0 Å². The van der Waals surface area contributed by atoms with E-state index in [-0.39, 0.29) is 11.7 Å². The first-order valence-electron chi connectivity index (χ1n) is 8.37. The number of rotatable bonds is 2. The molecule has 3 heterocycles. The lowest BCUT2D eigenvalue weighted by molar-refractivity contribution is 0.0603. The van der Waals surface area contributed by atoms with E-state index in [9.17, 15) is 9.18 Å². The average molecular weight is 345 g/mol. The first-order valence-corrected chi connectivity index (χ1v) is 9.25. The van der Waals surface area contributed by atoms with Crippen LogP contribution in [0.25, 0.3) is 10.6 Å². The maximum absolute atomic E-state index is 13.9. The summed E-state index contributed by atoms with van der Waals surface area (Å²) in [7, 11) is 0. The number of hydrogen-bond donors (Lipinski definition) is 1. The lowest BCUT2D eigenvalue weighted by atomic mass is 9.78. The largest absolute Gasteiger partial charge is 0.337 e. The second-order valence-electron chi connectivity index (χ2n) is 6.74. The molecule has 4 nitrogen and oxygen atoms in total. The molecule has 1 aromatic heterocycles. The Balaban J connectivity index is 1.47. The van der Waals surface area contributed by atoms with Gasteiger partial charge in [0.2, 0.25) is 0 Å². The highest BCUT2D eigenvalue weighted by atomic mass is 32.1. The van der Waals surface area contributed by atoms with Crippen LogP contribution in [0, 0.1) is 11.2 Å². The number of carbonyl (C=O) groups is 1. The van der Waals surface area contributed by atoms with Gasteiger partial charge in [-0.15, -0.1) is 11.3 Å². The predicted octanol–water partition coefficient (Wildman–Crippen LogP) is 3.16. The van der Waals surface area contributed by atoms with Crippen molar-refractivity contribution in [2.24, 2.45) is 5.41 Å². The normalized spacial score (nSPS) is 19.8. The second kappa shape index (κ2) is 6.26. The molecular formula is C18H20FN3OS. The highest BCUT2D eigenvalue weighted by Crippen LogP contribution is 2.37. The Morgan fingerprint density at radius 3 is 2.75 bits per heavy atom. The summed E-state index contributed by atoms with van der Waals surface area (Å²) in [5, 5.41) is 5.74. The van der Waals surface area contributed by atoms with Crippen LogP contribution in [0.1, 0.15) is 29.8 Å². The number of halogens is 1. The molecule has 2 aromatic rings. The van der Waals surface area contributed by atoms with E-state index in [4.69, 9.17) is 0 Å². The van der Waals surface area contributed by atoms with E-state index in [1.807, 2.05) is 4.90 Å². The van der Waals surface area contributed by atoms with E-state index in [0.717, 1.165) is 39.0 Å². The van der Waals surface area contributed by atoms with E-state index in [1.54, 1.807) is 23.6 Å². The van der Waals surface area contributed by atoms with Crippen LogP contribution in [0.3, 0.4) is 0 Å². The van der Waals surface area contributed by atoms with E-state index < -0.39 is 0 Å². The van der Waals surface area contributed by atoms with Gasteiger partial charge in [0, 0.05) is 30.6 Å². The van der Waals surface area contributed by atoms with Crippen molar-refractivity contribution in [1.29, 1.82) is 0 Å². The number of aromatic nitrogens is 1. The van der Waals surface area contributed by atoms with Gasteiger partial charge in [0.05, 0.1) is 0 Å². The Hall–Kier alpha value is -1.79. The molecule has 4 rings (SSSR count). The number of likely N-dealkylation sites (tertiary alicyclic amines) is 1. The smallest absolute Gasteiger partial charge is 0.273 e. The molecule has 1 N–H and O–H groups in total. The number of benzene rings is 1. The zero-order chi connectivity index (χ0) is 16.6. The van der Waals surface area contributed by atoms with Gasteiger partial charge in [-0.05, 0) is 43.4 Å². The minimum atomic E-state index is -0.306. The molecule has 2 saturated heterocycles. The molecule has 0 aliphatic carbocycles. The van der Waals surface area contributed by atoms with E-state index in [0.29, 0.717) is 21.7 Å². The zero-order valence-electron chi connectivity index (χ0n) is 13.4. The highest BCUT2D eigenvalue weighted by Gasteiger charge is 2.38. The summed E-state index contributed by atoms with van der Waals surface area (Å²) < 4.78 is 13.9. The summed E-state index contributed by atoms with van der Waals surface area (Å²) in [6.07, 6.45) is 3.31. The first kappa shape index (κ1) is 15.7. The number of hydrogen-bond acceptors (Lipinski definition) is 4. The molecule has 24 heavy (non-hydrogen) atoms. The fourth-order valence-electron chi connectivity index (χ4n) is 3.70. The summed E-state index contributed by atoms with van der Waals surface area (Å²) in [5.74, 6) is -0.339. The number of amides is 1. The Bertz CT molecular complexity index is 744. The predicted molar refractivity (Wildman–Crippen MR) is 92.6 cm³/mol. The molecule has 0 bridgehead atoms. The van der Waals surface area contributed by atoms with Crippen LogP contribution in [0.5, 0.6) is 0 Å². The standard InChI is InChI=1S/C18H20FN3OS/c19-14-4-2-1-3-13(14)16-21-15(11-24-16)17(23)22-9-6-18(7-10-22)5-8-20-12-18/h1-4,11,20H,5-10,12H2. The topological polar surface area (TPSA) is 45.2 Å². The summed E-state index contributed by atoms with van der Waals surface area (Å²) >= 11 is 1.32. The van der Waals surface area contributed by atoms with Crippen LogP contribution in [0.15, 0.2) is 29.6 Å². The van der Waals surface area contributed by atoms with E-state index in [1.165, 1.54) is 23.8 Å². The Kier molecular flexibility index (Phi) is 4.10. The molecular weight excluding hydrogens is 325 g/mol. The van der Waals surface area contributed by atoms with Crippen molar-refractivity contribution in [2.75, 3.05) is 26.2 Å². The fraction of sp³-hybridized carbons (Fsp3) is 0.444. The number of piperidine rings is 1. The van der Waals surface area contributed by atoms with E-state index in [2.05, 4.69) is 10.3 Å². The van der Waals surface area contributed by atoms with Crippen LogP contribution in [-0.2, 0) is 0 Å². The lowest BCUT2D eigenvalue weighted by Gasteiger charge is -2.38. The SMILES string of the molecule is O=C(c1csc(-c2ccccc2F)n1)N1CCC2(CCNC2)CC1. The van der Waals surface area contributed by atoms with Crippen LogP contribution in [0.2, 0.25) is 0 Å². The maximum Gasteiger partial charge on any atom is 0.273 e. The molecule has 2 aliphatic rings. The lowest BCUT2D eigenvalue weighted by Crippen LogP contribution is -2.44. The molecule has 0 saturated carbocycles. The van der Waals surface area contributed by atoms with Gasteiger partial charge < -0.3 is 10.2 Å². The van der Waals surface area contributed by atoms with Crippen LogP contribution >= 0.6 is 11.3 Å². The molecule has 1 spiro atoms. The monoisotopic (exact) mass is 345 g/mol. The van der Waals surface area contributed by atoms with Gasteiger partial charge in [-0.25, -0.2) is 9.37 Å². The van der Waals surface area contributed by atoms with Crippen molar-refractivity contribution < 1.29 is 9.18 Å². The maximum atomic E-state index is 13.9. The quantitative estimate of drug-likeness (QED) is 0.909. The summed E-state index contributed by atoms with van der Waals surface area (Å²) in [6, 6.07) is 6.54. The fourth-order valence-corrected chi connectivity index (χ4v) is 4.52. The van der Waals surface area contributed by atoms with Gasteiger partial charge in [-0.3, -0.25) is 4.79 Å². The molecule has 2 fully saturated rings. The van der Waals surface area contributed by atoms with Crippen molar-refractivity contribution in [1.82, 2.24) is 15.2 Å². The van der Waals surface area contributed by atoms with Gasteiger partial charge in [0.15, 0.2) is 0 Å². The molecule has 126 valence electrons. The third-order valence-corrected chi connectivity index (χ3v) is 6.15. The molecule has 1 amide bonds. The van der Waals surface area contributed by atoms with Crippen LogP contribution in [-0.4, -0.2) is 42.0 Å². The number of nitrogens with one attached hydrogen (secondary N) is 1. The molecule has 0 radical (unpaired) electrons. The number of nitrogens with zero attached hydrogens (tertiary/aromatic N) is 2. The van der Waals surface area contributed by atoms with Crippen molar-refractivity contribution >= 4 is 17.2 Å². The number of thiazole rings is 1. The first-order chi connectivity index (χ1) is 11.7. The van der Waals surface area contributed by atoms with Gasteiger partial charge in [-0.1, -0.05) is 12.1 Å². The van der Waals surface area contributed by atoms with Crippen molar-refractivity contribution in [3.05, 3.63) is 41.2 Å². The molecule has 0 atom stereocenters. The van der Waals surface area contributed by atoms with Gasteiger partial charge in [0.25, 0.3) is 5.91 Å². The molecule has 6 heteroatoms. The summed E-state index contributed by atoms with van der Waals surface area (Å²) in [5.41, 5.74) is 1.27. The third kappa shape index (κ3) is 2.84. The minimum Gasteiger partial charge on any atom is -0.337 e. The summed E-state index contributed by atoms with van der Waals surface area (Å²) in [6.45, 7) is 3.73. The average Bonchev–Trinajstić information content (AvgIpc) is 3.26. The van der Waals surface area contributed by atoms with Crippen molar-refractivity contribution in [2.45, 2.75) is 19.3 Å². The third-order valence-electron chi connectivity index (χ3n) is 5.27. The van der Waals surface area contributed by atoms with Crippen LogP contribution in [0.4, 0.5) is 4.39 Å². The minimum absolute atomic E-state index is 0.0327. The Morgan fingerprint density at radius 1 is 1.25 bits per heavy atom. The second-order valence-corrected chi connectivity index (χ2v) is 7.59. The van der Waals surface area contributed by atoms with Gasteiger partial charge in [-0.2, -0.15) is 0 Å². The molecule has 1 aromatic carbocycles. The number of carbonyl (C=O) groups excluding carboxylic acids is 1. The zero-order valence-corrected chi connectivity index (χ0v) is 14.2.